The molecular weight excluding hydrogens is 486 g/mol. The number of amides is 3. The maximum Gasteiger partial charge on any atom is 0.271 e. The van der Waals surface area contributed by atoms with Crippen molar-refractivity contribution in [3.8, 4) is 17.6 Å². The summed E-state index contributed by atoms with van der Waals surface area (Å²) in [5.41, 5.74) is 1.06. The quantitative estimate of drug-likeness (QED) is 0.421. The van der Waals surface area contributed by atoms with Crippen LogP contribution in [0.2, 0.25) is 0 Å². The second kappa shape index (κ2) is 10.8. The highest BCUT2D eigenvalue weighted by Crippen LogP contribution is 2.29. The second-order valence-electron chi connectivity index (χ2n) is 9.57. The van der Waals surface area contributed by atoms with Crippen molar-refractivity contribution in [2.75, 3.05) is 20.2 Å². The molecule has 1 unspecified atom stereocenters. The maximum absolute atomic E-state index is 13.7. The van der Waals surface area contributed by atoms with Crippen LogP contribution in [0.25, 0.3) is 10.9 Å². The van der Waals surface area contributed by atoms with Gasteiger partial charge in [0.15, 0.2) is 0 Å². The molecular formula is C28H29N5O5. The molecule has 2 aromatic carbocycles. The van der Waals surface area contributed by atoms with Crippen LogP contribution in [0.1, 0.15) is 29.8 Å². The Morgan fingerprint density at radius 3 is 2.74 bits per heavy atom. The van der Waals surface area contributed by atoms with Crippen LogP contribution in [0.3, 0.4) is 0 Å². The number of para-hydroxylation sites is 1. The Labute approximate surface area is 219 Å². The zero-order chi connectivity index (χ0) is 26.6. The van der Waals surface area contributed by atoms with E-state index in [0.29, 0.717) is 30.2 Å². The van der Waals surface area contributed by atoms with Crippen molar-refractivity contribution in [1.29, 1.82) is 5.26 Å². The van der Waals surface area contributed by atoms with E-state index in [-0.39, 0.29) is 37.1 Å². The standard InChI is InChI=1S/C28H29N5O5/c1-37-25-9-5-8-22-21(25)14-23(32-22)28(36)33-16-20(38-19-6-3-2-4-7-19)13-24(33)27(35)31-18(15-29)12-17-10-11-30-26(17)34/h2-9,14,17-18,20,24,32H,10-13,16H2,1H3,(H,30,34)(H,31,35)/t17-,18-,20+,24?/m0/s1. The van der Waals surface area contributed by atoms with E-state index in [9.17, 15) is 19.6 Å². The molecule has 1 aromatic heterocycles. The van der Waals surface area contributed by atoms with Crippen LogP contribution in [0.15, 0.2) is 54.6 Å². The van der Waals surface area contributed by atoms with E-state index in [1.807, 2.05) is 48.5 Å². The van der Waals surface area contributed by atoms with Crippen LogP contribution < -0.4 is 20.1 Å². The minimum absolute atomic E-state index is 0.109. The summed E-state index contributed by atoms with van der Waals surface area (Å²) in [7, 11) is 1.57. The number of aromatic nitrogens is 1. The highest BCUT2D eigenvalue weighted by Gasteiger charge is 2.42. The highest BCUT2D eigenvalue weighted by molar-refractivity contribution is 6.01. The number of carbonyl (C=O) groups excluding carboxylic acids is 3. The van der Waals surface area contributed by atoms with Crippen molar-refractivity contribution in [2.24, 2.45) is 5.92 Å². The molecule has 0 saturated carbocycles. The number of aromatic amines is 1. The molecule has 10 heteroatoms. The number of carbonyl (C=O) groups is 3. The number of rotatable bonds is 8. The van der Waals surface area contributed by atoms with Gasteiger partial charge in [0, 0.05) is 29.8 Å². The summed E-state index contributed by atoms with van der Waals surface area (Å²) < 4.78 is 11.5. The zero-order valence-corrected chi connectivity index (χ0v) is 21.0. The topological polar surface area (TPSA) is 137 Å². The molecule has 196 valence electrons. The average Bonchev–Trinajstić information content (AvgIpc) is 3.66. The number of nitrogens with one attached hydrogen (secondary N) is 3. The van der Waals surface area contributed by atoms with Gasteiger partial charge in [0.2, 0.25) is 11.8 Å². The Hall–Kier alpha value is -4.52. The molecule has 10 nitrogen and oxygen atoms in total. The van der Waals surface area contributed by atoms with Crippen molar-refractivity contribution < 1.29 is 23.9 Å². The highest BCUT2D eigenvalue weighted by atomic mass is 16.5. The fourth-order valence-electron chi connectivity index (χ4n) is 5.19. The summed E-state index contributed by atoms with van der Waals surface area (Å²) in [5, 5.41) is 15.9. The van der Waals surface area contributed by atoms with E-state index in [4.69, 9.17) is 9.47 Å². The molecule has 2 aliphatic rings. The van der Waals surface area contributed by atoms with Crippen molar-refractivity contribution in [3.05, 3.63) is 60.3 Å². The van der Waals surface area contributed by atoms with Crippen molar-refractivity contribution >= 4 is 28.6 Å². The molecule has 2 fully saturated rings. The van der Waals surface area contributed by atoms with Gasteiger partial charge in [-0.25, -0.2) is 0 Å². The first-order valence-electron chi connectivity index (χ1n) is 12.6. The molecule has 3 N–H and O–H groups in total. The number of hydrogen-bond acceptors (Lipinski definition) is 6. The summed E-state index contributed by atoms with van der Waals surface area (Å²) in [4.78, 5) is 43.8. The number of ether oxygens (including phenoxy) is 2. The molecule has 0 bridgehead atoms. The van der Waals surface area contributed by atoms with Gasteiger partial charge in [0.1, 0.15) is 35.4 Å². The van der Waals surface area contributed by atoms with Crippen molar-refractivity contribution in [2.45, 2.75) is 37.5 Å². The van der Waals surface area contributed by atoms with Gasteiger partial charge in [-0.05, 0) is 43.2 Å². The Kier molecular flexibility index (Phi) is 7.18. The lowest BCUT2D eigenvalue weighted by Crippen LogP contribution is -2.49. The summed E-state index contributed by atoms with van der Waals surface area (Å²) >= 11 is 0. The van der Waals surface area contributed by atoms with Crippen molar-refractivity contribution in [1.82, 2.24) is 20.5 Å². The fraction of sp³-hybridized carbons (Fsp3) is 0.357. The SMILES string of the molecule is COc1cccc2[nH]c(C(=O)N3C[C@H](Oc4ccccc4)CC3C(=O)N[C@H](C#N)C[C@@H]3CCNC3=O)cc12. The Morgan fingerprint density at radius 1 is 1.21 bits per heavy atom. The summed E-state index contributed by atoms with van der Waals surface area (Å²) in [6.07, 6.45) is 0.688. The first-order valence-corrected chi connectivity index (χ1v) is 12.6. The zero-order valence-electron chi connectivity index (χ0n) is 21.0. The van der Waals surface area contributed by atoms with E-state index < -0.39 is 24.1 Å². The van der Waals surface area contributed by atoms with Crippen LogP contribution in [0.4, 0.5) is 0 Å². The first-order chi connectivity index (χ1) is 18.5. The molecule has 2 aliphatic heterocycles. The monoisotopic (exact) mass is 515 g/mol. The summed E-state index contributed by atoms with van der Waals surface area (Å²) in [5.74, 6) is 0.0388. The molecule has 3 amide bonds. The van der Waals surface area contributed by atoms with E-state index in [2.05, 4.69) is 21.7 Å². The van der Waals surface area contributed by atoms with Gasteiger partial charge in [-0.1, -0.05) is 24.3 Å². The molecule has 5 rings (SSSR count). The Bertz CT molecular complexity index is 1380. The van der Waals surface area contributed by atoms with Crippen LogP contribution in [0.5, 0.6) is 11.5 Å². The molecule has 0 aliphatic carbocycles. The number of hydrogen-bond donors (Lipinski definition) is 3. The lowest BCUT2D eigenvalue weighted by Gasteiger charge is -2.24. The maximum atomic E-state index is 13.7. The van der Waals surface area contributed by atoms with E-state index in [1.165, 1.54) is 4.90 Å². The third-order valence-electron chi connectivity index (χ3n) is 7.10. The van der Waals surface area contributed by atoms with E-state index in [1.54, 1.807) is 13.2 Å². The second-order valence-corrected chi connectivity index (χ2v) is 9.57. The third-order valence-corrected chi connectivity index (χ3v) is 7.10. The number of nitrogens with zero attached hydrogens (tertiary/aromatic N) is 2. The number of nitriles is 1. The molecule has 0 spiro atoms. The molecule has 0 radical (unpaired) electrons. The Balaban J connectivity index is 1.37. The first kappa shape index (κ1) is 25.1. The number of likely N-dealkylation sites (tertiary alicyclic amines) is 1. The molecule has 4 atom stereocenters. The lowest BCUT2D eigenvalue weighted by molar-refractivity contribution is -0.126. The Morgan fingerprint density at radius 2 is 2.03 bits per heavy atom. The van der Waals surface area contributed by atoms with Gasteiger partial charge in [0.25, 0.3) is 5.91 Å². The van der Waals surface area contributed by atoms with E-state index in [0.717, 1.165) is 10.9 Å². The molecule has 2 saturated heterocycles. The van der Waals surface area contributed by atoms with Crippen LogP contribution >= 0.6 is 0 Å². The normalized spacial score (nSPS) is 21.5. The minimum Gasteiger partial charge on any atom is -0.496 e. The smallest absolute Gasteiger partial charge is 0.271 e. The average molecular weight is 516 g/mol. The fourth-order valence-corrected chi connectivity index (χ4v) is 5.19. The predicted molar refractivity (Wildman–Crippen MR) is 138 cm³/mol. The molecule has 3 aromatic rings. The minimum atomic E-state index is -0.849. The summed E-state index contributed by atoms with van der Waals surface area (Å²) in [6, 6.07) is 16.8. The van der Waals surface area contributed by atoms with Crippen LogP contribution in [0, 0.1) is 17.2 Å². The predicted octanol–water partition coefficient (Wildman–Crippen LogP) is 2.37. The van der Waals surface area contributed by atoms with Crippen LogP contribution in [-0.2, 0) is 9.59 Å². The number of methoxy groups -OCH3 is 1. The van der Waals surface area contributed by atoms with Gasteiger partial charge in [-0.15, -0.1) is 0 Å². The van der Waals surface area contributed by atoms with Crippen molar-refractivity contribution in [3.63, 3.8) is 0 Å². The summed E-state index contributed by atoms with van der Waals surface area (Å²) in [6.45, 7) is 0.759. The van der Waals surface area contributed by atoms with Gasteiger partial charge >= 0.3 is 0 Å². The lowest BCUT2D eigenvalue weighted by atomic mass is 9.98. The largest absolute Gasteiger partial charge is 0.496 e. The number of benzene rings is 2. The van der Waals surface area contributed by atoms with Gasteiger partial charge in [-0.3, -0.25) is 14.4 Å². The van der Waals surface area contributed by atoms with Gasteiger partial charge in [-0.2, -0.15) is 5.26 Å². The van der Waals surface area contributed by atoms with Gasteiger partial charge < -0.3 is 30.0 Å². The number of H-pyrrole nitrogens is 1. The third kappa shape index (κ3) is 5.13. The number of fused-ring (bicyclic) bond motifs is 1. The van der Waals surface area contributed by atoms with E-state index >= 15 is 0 Å². The van der Waals surface area contributed by atoms with Crippen LogP contribution in [-0.4, -0.2) is 66.0 Å². The molecule has 3 heterocycles. The molecule has 38 heavy (non-hydrogen) atoms. The van der Waals surface area contributed by atoms with Gasteiger partial charge in [0.05, 0.1) is 19.7 Å².